The summed E-state index contributed by atoms with van der Waals surface area (Å²) in [6, 6.07) is 20.6. The molecule has 0 radical (unpaired) electrons. The van der Waals surface area contributed by atoms with Gasteiger partial charge in [0.05, 0.1) is 0 Å². The van der Waals surface area contributed by atoms with Crippen molar-refractivity contribution >= 4 is 39.0 Å². The molecule has 0 aromatic heterocycles. The van der Waals surface area contributed by atoms with E-state index in [4.69, 9.17) is 17.3 Å². The highest BCUT2D eigenvalue weighted by molar-refractivity contribution is 9.10. The van der Waals surface area contributed by atoms with E-state index >= 15 is 0 Å². The molecule has 0 bridgehead atoms. The van der Waals surface area contributed by atoms with Gasteiger partial charge in [-0.05, 0) is 65.2 Å². The van der Waals surface area contributed by atoms with Gasteiger partial charge in [-0.2, -0.15) is 0 Å². The van der Waals surface area contributed by atoms with Crippen LogP contribution in [0, 0.1) is 0 Å². The van der Waals surface area contributed by atoms with Crippen molar-refractivity contribution in [1.82, 2.24) is 0 Å². The summed E-state index contributed by atoms with van der Waals surface area (Å²) in [5.41, 5.74) is 10.2. The molecule has 3 aromatic carbocycles. The Balaban J connectivity index is 1.94. The molecule has 2 nitrogen and oxygen atoms in total. The zero-order valence-corrected chi connectivity index (χ0v) is 15.1. The quantitative estimate of drug-likeness (QED) is 0.446. The number of rotatable bonds is 4. The molecule has 0 saturated carbocycles. The number of benzene rings is 3. The van der Waals surface area contributed by atoms with E-state index in [2.05, 4.69) is 15.9 Å². The third kappa shape index (κ3) is 3.86. The summed E-state index contributed by atoms with van der Waals surface area (Å²) in [5, 5.41) is 0.620. The summed E-state index contributed by atoms with van der Waals surface area (Å²) in [4.78, 5) is 12.6. The molecule has 3 aromatic rings. The van der Waals surface area contributed by atoms with Crippen molar-refractivity contribution in [1.29, 1.82) is 0 Å². The van der Waals surface area contributed by atoms with Crippen LogP contribution in [0.3, 0.4) is 0 Å². The van der Waals surface area contributed by atoms with Gasteiger partial charge in [-0.25, -0.2) is 0 Å². The van der Waals surface area contributed by atoms with Gasteiger partial charge in [0.2, 0.25) is 0 Å². The second-order valence-electron chi connectivity index (χ2n) is 5.53. The minimum absolute atomic E-state index is 0.0507. The van der Waals surface area contributed by atoms with Gasteiger partial charge in [-0.3, -0.25) is 4.79 Å². The van der Waals surface area contributed by atoms with Gasteiger partial charge in [-0.15, -0.1) is 0 Å². The average molecular weight is 401 g/mol. The highest BCUT2D eigenvalue weighted by Gasteiger charge is 2.12. The molecule has 2 N–H and O–H groups in total. The first-order valence-electron chi connectivity index (χ1n) is 7.46. The lowest BCUT2D eigenvalue weighted by Crippen LogP contribution is -2.05. The lowest BCUT2D eigenvalue weighted by atomic mass is 9.94. The fourth-order valence-electron chi connectivity index (χ4n) is 2.56. The third-order valence-electron chi connectivity index (χ3n) is 3.81. The van der Waals surface area contributed by atoms with Crippen molar-refractivity contribution in [2.45, 2.75) is 6.42 Å². The van der Waals surface area contributed by atoms with Crippen LogP contribution in [0.4, 0.5) is 5.69 Å². The molecular weight excluding hydrogens is 386 g/mol. The molecule has 0 aliphatic heterocycles. The summed E-state index contributed by atoms with van der Waals surface area (Å²) < 4.78 is 1.01. The molecule has 0 aliphatic rings. The highest BCUT2D eigenvalue weighted by atomic mass is 79.9. The fraction of sp³-hybridized carbons (Fsp3) is 0.0500. The second kappa shape index (κ2) is 7.20. The van der Waals surface area contributed by atoms with Crippen LogP contribution in [0.25, 0.3) is 11.1 Å². The highest BCUT2D eigenvalue weighted by Crippen LogP contribution is 2.28. The number of Topliss-reactive ketones (excluding diaryl/α,β-unsaturated/α-hetero) is 1. The van der Waals surface area contributed by atoms with Crippen molar-refractivity contribution < 1.29 is 4.79 Å². The average Bonchev–Trinajstić information content (AvgIpc) is 2.58. The minimum atomic E-state index is 0.0507. The first-order valence-corrected chi connectivity index (χ1v) is 8.63. The Hall–Kier alpha value is -2.10. The Bertz CT molecular complexity index is 873. The maximum atomic E-state index is 12.6. The molecule has 24 heavy (non-hydrogen) atoms. The molecule has 120 valence electrons. The Kier molecular flexibility index (Phi) is 5.03. The van der Waals surface area contributed by atoms with Gasteiger partial charge in [0.25, 0.3) is 0 Å². The minimum Gasteiger partial charge on any atom is -0.399 e. The zero-order chi connectivity index (χ0) is 17.1. The van der Waals surface area contributed by atoms with Crippen LogP contribution in [0.2, 0.25) is 5.02 Å². The van der Waals surface area contributed by atoms with Gasteiger partial charge in [0.1, 0.15) is 0 Å². The maximum Gasteiger partial charge on any atom is 0.167 e. The van der Waals surface area contributed by atoms with Crippen molar-refractivity contribution in [3.8, 4) is 11.1 Å². The molecule has 0 aliphatic carbocycles. The number of nitrogen functional groups attached to an aromatic ring is 1. The standard InChI is InChI=1S/C20H15BrClNO/c21-16-6-1-13(2-7-16)19-12-18(23)10-5-15(19)11-20(24)14-3-8-17(22)9-4-14/h1-10,12H,11,23H2. The van der Waals surface area contributed by atoms with Crippen LogP contribution in [0.15, 0.2) is 71.2 Å². The summed E-state index contributed by atoms with van der Waals surface area (Å²) in [7, 11) is 0. The molecule has 0 amide bonds. The van der Waals surface area contributed by atoms with Gasteiger partial charge in [-0.1, -0.05) is 45.7 Å². The first kappa shape index (κ1) is 16.7. The predicted octanol–water partition coefficient (Wildman–Crippen LogP) is 5.78. The smallest absolute Gasteiger partial charge is 0.167 e. The number of halogens is 2. The molecule has 0 atom stereocenters. The van der Waals surface area contributed by atoms with Crippen molar-refractivity contribution in [3.63, 3.8) is 0 Å². The number of nitrogens with two attached hydrogens (primary N) is 1. The summed E-state index contributed by atoms with van der Waals surface area (Å²) >= 11 is 9.32. The largest absolute Gasteiger partial charge is 0.399 e. The van der Waals surface area contributed by atoms with E-state index < -0.39 is 0 Å². The SMILES string of the molecule is Nc1ccc(CC(=O)c2ccc(Cl)cc2)c(-c2ccc(Br)cc2)c1. The normalized spacial score (nSPS) is 10.6. The summed E-state index contributed by atoms with van der Waals surface area (Å²) in [6.45, 7) is 0. The van der Waals surface area contributed by atoms with E-state index in [-0.39, 0.29) is 5.78 Å². The molecule has 4 heteroatoms. The topological polar surface area (TPSA) is 43.1 Å². The Morgan fingerprint density at radius 3 is 2.29 bits per heavy atom. The number of hydrogen-bond acceptors (Lipinski definition) is 2. The van der Waals surface area contributed by atoms with Crippen LogP contribution < -0.4 is 5.73 Å². The van der Waals surface area contributed by atoms with Crippen LogP contribution in [0.5, 0.6) is 0 Å². The number of hydrogen-bond donors (Lipinski definition) is 1. The molecule has 0 saturated heterocycles. The van der Waals surface area contributed by atoms with E-state index in [1.54, 1.807) is 24.3 Å². The molecule has 3 rings (SSSR count). The van der Waals surface area contributed by atoms with Gasteiger partial charge >= 0.3 is 0 Å². The van der Waals surface area contributed by atoms with E-state index in [1.165, 1.54) is 0 Å². The molecule has 0 spiro atoms. The molecule has 0 fully saturated rings. The monoisotopic (exact) mass is 399 g/mol. The second-order valence-corrected chi connectivity index (χ2v) is 6.88. The molecule has 0 heterocycles. The predicted molar refractivity (Wildman–Crippen MR) is 103 cm³/mol. The van der Waals surface area contributed by atoms with Crippen LogP contribution in [0.1, 0.15) is 15.9 Å². The summed E-state index contributed by atoms with van der Waals surface area (Å²) in [5.74, 6) is 0.0507. The van der Waals surface area contributed by atoms with Crippen molar-refractivity contribution in [2.75, 3.05) is 5.73 Å². The number of carbonyl (C=O) groups is 1. The van der Waals surface area contributed by atoms with E-state index in [9.17, 15) is 4.79 Å². The summed E-state index contributed by atoms with van der Waals surface area (Å²) in [6.07, 6.45) is 0.313. The Labute approximate surface area is 154 Å². The van der Waals surface area contributed by atoms with Crippen LogP contribution in [-0.2, 0) is 6.42 Å². The molecule has 0 unspecified atom stereocenters. The van der Waals surface area contributed by atoms with Gasteiger partial charge in [0, 0.05) is 27.2 Å². The lowest BCUT2D eigenvalue weighted by molar-refractivity contribution is 0.0993. The number of carbonyl (C=O) groups excluding carboxylic acids is 1. The van der Waals surface area contributed by atoms with Crippen LogP contribution >= 0.6 is 27.5 Å². The van der Waals surface area contributed by atoms with Crippen molar-refractivity contribution in [2.24, 2.45) is 0 Å². The van der Waals surface area contributed by atoms with E-state index in [0.717, 1.165) is 21.2 Å². The molecular formula is C20H15BrClNO. The number of ketones is 1. The van der Waals surface area contributed by atoms with Gasteiger partial charge in [0.15, 0.2) is 5.78 Å². The zero-order valence-electron chi connectivity index (χ0n) is 12.8. The van der Waals surface area contributed by atoms with Crippen LogP contribution in [-0.4, -0.2) is 5.78 Å². The van der Waals surface area contributed by atoms with E-state index in [0.29, 0.717) is 22.7 Å². The van der Waals surface area contributed by atoms with E-state index in [1.807, 2.05) is 42.5 Å². The third-order valence-corrected chi connectivity index (χ3v) is 4.59. The Morgan fingerprint density at radius 2 is 1.62 bits per heavy atom. The Morgan fingerprint density at radius 1 is 0.958 bits per heavy atom. The first-order chi connectivity index (χ1) is 11.5. The fourth-order valence-corrected chi connectivity index (χ4v) is 2.95. The lowest BCUT2D eigenvalue weighted by Gasteiger charge is -2.11. The van der Waals surface area contributed by atoms with Gasteiger partial charge < -0.3 is 5.73 Å². The van der Waals surface area contributed by atoms with Crippen molar-refractivity contribution in [3.05, 3.63) is 87.4 Å². The maximum absolute atomic E-state index is 12.6. The number of anilines is 1.